The van der Waals surface area contributed by atoms with Crippen LogP contribution in [0, 0.1) is 5.82 Å². The molecule has 0 bridgehead atoms. The van der Waals surface area contributed by atoms with Crippen LogP contribution in [0.3, 0.4) is 0 Å². The van der Waals surface area contributed by atoms with Gasteiger partial charge in [-0.3, -0.25) is 0 Å². The van der Waals surface area contributed by atoms with Gasteiger partial charge in [-0.15, -0.1) is 0 Å². The van der Waals surface area contributed by atoms with Gasteiger partial charge in [0.2, 0.25) is 0 Å². The van der Waals surface area contributed by atoms with E-state index in [9.17, 15) is 4.39 Å². The highest BCUT2D eigenvalue weighted by molar-refractivity contribution is 5.50. The van der Waals surface area contributed by atoms with Crippen LogP contribution in [-0.4, -0.2) is 33.3 Å². The zero-order chi connectivity index (χ0) is 11.5. The van der Waals surface area contributed by atoms with E-state index in [1.165, 1.54) is 13.2 Å². The number of nitrogens with one attached hydrogen (secondary N) is 1. The molecule has 1 aliphatic heterocycles. The van der Waals surface area contributed by atoms with Crippen molar-refractivity contribution in [3.8, 4) is 5.75 Å². The van der Waals surface area contributed by atoms with Gasteiger partial charge in [0.25, 0.3) is 0 Å². The summed E-state index contributed by atoms with van der Waals surface area (Å²) in [6, 6.07) is 5.62. The molecule has 1 N–H and O–H groups in total. The molecule has 0 radical (unpaired) electrons. The average molecular weight is 224 g/mol. The Morgan fingerprint density at radius 2 is 2.31 bits per heavy atom. The Hall–Kier alpha value is -1.29. The van der Waals surface area contributed by atoms with E-state index in [4.69, 9.17) is 4.74 Å². The number of anilines is 1. The quantitative estimate of drug-likeness (QED) is 0.844. The Morgan fingerprint density at radius 1 is 1.50 bits per heavy atom. The number of benzene rings is 1. The first-order chi connectivity index (χ1) is 7.74. The molecule has 16 heavy (non-hydrogen) atoms. The maximum atomic E-state index is 13.5. The van der Waals surface area contributed by atoms with Gasteiger partial charge in [-0.05, 0) is 25.6 Å². The lowest BCUT2D eigenvalue weighted by atomic mass is 10.2. The van der Waals surface area contributed by atoms with Crippen molar-refractivity contribution in [2.75, 3.05) is 32.1 Å². The summed E-state index contributed by atoms with van der Waals surface area (Å²) in [5.74, 6) is 0.000945. The molecule has 0 amide bonds. The highest BCUT2D eigenvalue weighted by Crippen LogP contribution is 2.25. The molecule has 1 aromatic carbocycles. The molecule has 0 aliphatic carbocycles. The summed E-state index contributed by atoms with van der Waals surface area (Å²) in [4.78, 5) is 2.18. The van der Waals surface area contributed by atoms with E-state index in [1.54, 1.807) is 6.07 Å². The van der Waals surface area contributed by atoms with Crippen LogP contribution in [0.2, 0.25) is 0 Å². The van der Waals surface area contributed by atoms with Gasteiger partial charge in [0, 0.05) is 30.9 Å². The first kappa shape index (κ1) is 11.2. The summed E-state index contributed by atoms with van der Waals surface area (Å²) in [5, 5.41) is 3.24. The third-order valence-corrected chi connectivity index (χ3v) is 3.10. The van der Waals surface area contributed by atoms with Crippen molar-refractivity contribution in [2.45, 2.75) is 12.5 Å². The number of ether oxygens (including phenoxy) is 1. The highest BCUT2D eigenvalue weighted by Gasteiger charge is 2.21. The lowest BCUT2D eigenvalue weighted by Crippen LogP contribution is -2.29. The standard InChI is InChI=1S/C12H17FN2O/c1-14-9-5-6-15(8-9)10-3-4-12(16-2)11(13)7-10/h3-4,7,9,14H,5-6,8H2,1-2H3. The Morgan fingerprint density at radius 3 is 2.88 bits per heavy atom. The fourth-order valence-corrected chi connectivity index (χ4v) is 2.08. The largest absolute Gasteiger partial charge is 0.494 e. The van der Waals surface area contributed by atoms with Gasteiger partial charge in [-0.25, -0.2) is 4.39 Å². The Bertz CT molecular complexity index is 370. The van der Waals surface area contributed by atoms with E-state index >= 15 is 0 Å². The maximum Gasteiger partial charge on any atom is 0.167 e. The summed E-state index contributed by atoms with van der Waals surface area (Å²) < 4.78 is 18.4. The van der Waals surface area contributed by atoms with Crippen LogP contribution in [0.4, 0.5) is 10.1 Å². The number of methoxy groups -OCH3 is 1. The average Bonchev–Trinajstić information content (AvgIpc) is 2.77. The number of hydrogen-bond acceptors (Lipinski definition) is 3. The maximum absolute atomic E-state index is 13.5. The van der Waals surface area contributed by atoms with Crippen LogP contribution in [0.1, 0.15) is 6.42 Å². The fraction of sp³-hybridized carbons (Fsp3) is 0.500. The molecule has 1 atom stereocenters. The molecule has 1 unspecified atom stereocenters. The topological polar surface area (TPSA) is 24.5 Å². The first-order valence-corrected chi connectivity index (χ1v) is 5.50. The molecule has 1 saturated heterocycles. The Balaban J connectivity index is 2.13. The van der Waals surface area contributed by atoms with Crippen LogP contribution >= 0.6 is 0 Å². The number of likely N-dealkylation sites (N-methyl/N-ethyl adjacent to an activating group) is 1. The van der Waals surface area contributed by atoms with Gasteiger partial charge < -0.3 is 15.0 Å². The van der Waals surface area contributed by atoms with Crippen molar-refractivity contribution >= 4 is 5.69 Å². The van der Waals surface area contributed by atoms with Gasteiger partial charge in [0.05, 0.1) is 7.11 Å². The molecule has 1 heterocycles. The monoisotopic (exact) mass is 224 g/mol. The normalized spacial score (nSPS) is 20.2. The van der Waals surface area contributed by atoms with E-state index in [-0.39, 0.29) is 5.82 Å². The summed E-state index contributed by atoms with van der Waals surface area (Å²) in [5.41, 5.74) is 0.927. The van der Waals surface area contributed by atoms with E-state index in [2.05, 4.69) is 10.2 Å². The lowest BCUT2D eigenvalue weighted by molar-refractivity contribution is 0.386. The molecule has 2 rings (SSSR count). The molecular weight excluding hydrogens is 207 g/mol. The van der Waals surface area contributed by atoms with Gasteiger partial charge in [-0.1, -0.05) is 0 Å². The van der Waals surface area contributed by atoms with Gasteiger partial charge in [0.15, 0.2) is 11.6 Å². The minimum Gasteiger partial charge on any atom is -0.494 e. The molecule has 0 aromatic heterocycles. The molecule has 0 spiro atoms. The lowest BCUT2D eigenvalue weighted by Gasteiger charge is -2.19. The highest BCUT2D eigenvalue weighted by atomic mass is 19.1. The molecule has 1 aromatic rings. The smallest absolute Gasteiger partial charge is 0.167 e. The van der Waals surface area contributed by atoms with Crippen LogP contribution in [-0.2, 0) is 0 Å². The van der Waals surface area contributed by atoms with E-state index in [0.29, 0.717) is 11.8 Å². The van der Waals surface area contributed by atoms with Gasteiger partial charge >= 0.3 is 0 Å². The molecular formula is C12H17FN2O. The SMILES string of the molecule is CNC1CCN(c2ccc(OC)c(F)c2)C1. The van der Waals surface area contributed by atoms with Crippen molar-refractivity contribution in [3.05, 3.63) is 24.0 Å². The van der Waals surface area contributed by atoms with Crippen molar-refractivity contribution in [3.63, 3.8) is 0 Å². The zero-order valence-electron chi connectivity index (χ0n) is 9.66. The summed E-state index contributed by atoms with van der Waals surface area (Å²) in [6.45, 7) is 1.90. The Labute approximate surface area is 95.2 Å². The zero-order valence-corrected chi connectivity index (χ0v) is 9.66. The van der Waals surface area contributed by atoms with Crippen LogP contribution in [0.5, 0.6) is 5.75 Å². The summed E-state index contributed by atoms with van der Waals surface area (Å²) in [7, 11) is 3.44. The van der Waals surface area contributed by atoms with E-state index < -0.39 is 0 Å². The van der Waals surface area contributed by atoms with Crippen LogP contribution < -0.4 is 15.0 Å². The summed E-state index contributed by atoms with van der Waals surface area (Å²) in [6.07, 6.45) is 1.10. The predicted octanol–water partition coefficient (Wildman–Crippen LogP) is 1.63. The predicted molar refractivity (Wildman–Crippen MR) is 62.6 cm³/mol. The number of hydrogen-bond donors (Lipinski definition) is 1. The number of rotatable bonds is 3. The minimum absolute atomic E-state index is 0.298. The van der Waals surface area contributed by atoms with Crippen molar-refractivity contribution < 1.29 is 9.13 Å². The Kier molecular flexibility index (Phi) is 3.29. The molecule has 1 fully saturated rings. The molecule has 88 valence electrons. The molecule has 0 saturated carbocycles. The van der Waals surface area contributed by atoms with E-state index in [0.717, 1.165) is 25.2 Å². The third kappa shape index (κ3) is 2.11. The molecule has 1 aliphatic rings. The van der Waals surface area contributed by atoms with Gasteiger partial charge in [-0.2, -0.15) is 0 Å². The van der Waals surface area contributed by atoms with Crippen molar-refractivity contribution in [1.82, 2.24) is 5.32 Å². The number of nitrogens with zero attached hydrogens (tertiary/aromatic N) is 1. The van der Waals surface area contributed by atoms with Crippen molar-refractivity contribution in [1.29, 1.82) is 0 Å². The second kappa shape index (κ2) is 4.70. The number of halogens is 1. The van der Waals surface area contributed by atoms with Crippen molar-refractivity contribution in [2.24, 2.45) is 0 Å². The minimum atomic E-state index is -0.298. The summed E-state index contributed by atoms with van der Waals surface area (Å²) >= 11 is 0. The molecule has 4 heteroatoms. The second-order valence-corrected chi connectivity index (χ2v) is 4.04. The fourth-order valence-electron chi connectivity index (χ4n) is 2.08. The van der Waals surface area contributed by atoms with Crippen LogP contribution in [0.25, 0.3) is 0 Å². The second-order valence-electron chi connectivity index (χ2n) is 4.04. The van der Waals surface area contributed by atoms with Gasteiger partial charge in [0.1, 0.15) is 0 Å². The molecule has 3 nitrogen and oxygen atoms in total. The van der Waals surface area contributed by atoms with Crippen LogP contribution in [0.15, 0.2) is 18.2 Å². The van der Waals surface area contributed by atoms with E-state index in [1.807, 2.05) is 13.1 Å². The first-order valence-electron chi connectivity index (χ1n) is 5.50. The third-order valence-electron chi connectivity index (χ3n) is 3.10.